The molecule has 198 valence electrons. The molecule has 0 aliphatic carbocycles. The Morgan fingerprint density at radius 1 is 1.24 bits per heavy atom. The molecule has 2 N–H and O–H groups in total. The van der Waals surface area contributed by atoms with Gasteiger partial charge >= 0.3 is 0 Å². The smallest absolute Gasteiger partial charge is 0.163 e. The van der Waals surface area contributed by atoms with Crippen LogP contribution < -0.4 is 15.0 Å². The highest BCUT2D eigenvalue weighted by Crippen LogP contribution is 2.43. The maximum atomic E-state index is 10.0. The number of anilines is 1. The van der Waals surface area contributed by atoms with Gasteiger partial charge in [-0.1, -0.05) is 16.8 Å². The topological polar surface area (TPSA) is 106 Å². The van der Waals surface area contributed by atoms with E-state index in [4.69, 9.17) is 35.6 Å². The van der Waals surface area contributed by atoms with Gasteiger partial charge in [-0.3, -0.25) is 0 Å². The summed E-state index contributed by atoms with van der Waals surface area (Å²) in [6.45, 7) is 9.89. The van der Waals surface area contributed by atoms with Gasteiger partial charge in [0.2, 0.25) is 0 Å². The lowest BCUT2D eigenvalue weighted by molar-refractivity contribution is -0.0237. The Hall–Kier alpha value is -2.72. The normalized spacial score (nSPS) is 17.6. The summed E-state index contributed by atoms with van der Waals surface area (Å²) in [5.74, 6) is 2.67. The first-order chi connectivity index (χ1) is 17.8. The molecule has 1 unspecified atom stereocenters. The predicted octanol–water partition coefficient (Wildman–Crippen LogP) is 3.95. The van der Waals surface area contributed by atoms with E-state index in [1.54, 1.807) is 19.2 Å². The van der Waals surface area contributed by atoms with Crippen LogP contribution in [0.2, 0.25) is 5.02 Å². The van der Waals surface area contributed by atoms with Crippen LogP contribution in [-0.4, -0.2) is 72.8 Å². The number of benzene rings is 1. The van der Waals surface area contributed by atoms with Crippen molar-refractivity contribution in [3.63, 3.8) is 0 Å². The molecule has 0 saturated carbocycles. The number of hydrogen-bond donors (Lipinski definition) is 2. The first kappa shape index (κ1) is 25.9. The van der Waals surface area contributed by atoms with Crippen LogP contribution in [-0.2, 0) is 4.74 Å². The summed E-state index contributed by atoms with van der Waals surface area (Å²) in [6, 6.07) is 5.38. The molecule has 9 nitrogen and oxygen atoms in total. The van der Waals surface area contributed by atoms with Gasteiger partial charge in [0, 0.05) is 42.8 Å². The van der Waals surface area contributed by atoms with Gasteiger partial charge in [0.05, 0.1) is 28.6 Å². The molecule has 1 atom stereocenters. The number of aromatic nitrogens is 3. The summed E-state index contributed by atoms with van der Waals surface area (Å²) < 4.78 is 17.1. The van der Waals surface area contributed by atoms with Crippen LogP contribution in [0.4, 0.5) is 5.82 Å². The molecular formula is C27H34ClN5O4. The molecule has 37 heavy (non-hydrogen) atoms. The van der Waals surface area contributed by atoms with Crippen molar-refractivity contribution in [3.05, 3.63) is 40.2 Å². The monoisotopic (exact) mass is 527 g/mol. The number of ether oxygens (including phenoxy) is 2. The Bertz CT molecular complexity index is 1250. The van der Waals surface area contributed by atoms with E-state index in [-0.39, 0.29) is 12.0 Å². The summed E-state index contributed by atoms with van der Waals surface area (Å²) in [7, 11) is 1.79. The average Bonchev–Trinajstić information content (AvgIpc) is 3.20. The number of halogens is 1. The van der Waals surface area contributed by atoms with Crippen LogP contribution in [0.15, 0.2) is 22.7 Å². The molecule has 2 aliphatic rings. The number of likely N-dealkylation sites (N-methyl/N-ethyl adjacent to an activating group) is 1. The van der Waals surface area contributed by atoms with E-state index < -0.39 is 6.10 Å². The molecule has 0 bridgehead atoms. The maximum absolute atomic E-state index is 10.0. The molecule has 4 heterocycles. The molecule has 10 heteroatoms. The third kappa shape index (κ3) is 5.18. The van der Waals surface area contributed by atoms with Crippen LogP contribution in [0.3, 0.4) is 0 Å². The standard InChI is InChI=1S/C27H34ClN5O4/c1-16-24(23-17(2)32-37-18(23)3)30-25(31-26(16)33-13-27(14-33)8-5-9-35-15-27)21-10-20(6-7-22(21)28)36-12-19(34)11-29-4/h6-7,10,19,29,34H,5,8-9,11-15H2,1-4H3. The molecule has 2 fully saturated rings. The number of rotatable bonds is 8. The number of nitrogens with one attached hydrogen (secondary N) is 1. The van der Waals surface area contributed by atoms with Gasteiger partial charge in [-0.05, 0) is 58.9 Å². The molecule has 5 rings (SSSR count). The zero-order valence-electron chi connectivity index (χ0n) is 21.8. The fourth-order valence-corrected chi connectivity index (χ4v) is 5.52. The van der Waals surface area contributed by atoms with Crippen molar-refractivity contribution in [1.29, 1.82) is 0 Å². The second kappa shape index (κ2) is 10.6. The Morgan fingerprint density at radius 3 is 2.73 bits per heavy atom. The second-order valence-corrected chi connectivity index (χ2v) is 10.6. The van der Waals surface area contributed by atoms with Crippen molar-refractivity contribution in [2.75, 3.05) is 51.4 Å². The first-order valence-electron chi connectivity index (χ1n) is 12.7. The summed E-state index contributed by atoms with van der Waals surface area (Å²) in [4.78, 5) is 12.3. The van der Waals surface area contributed by atoms with E-state index in [0.717, 1.165) is 61.1 Å². The summed E-state index contributed by atoms with van der Waals surface area (Å²) in [6.07, 6.45) is 1.64. The largest absolute Gasteiger partial charge is 0.491 e. The molecule has 2 aromatic heterocycles. The average molecular weight is 528 g/mol. The Balaban J connectivity index is 1.54. The van der Waals surface area contributed by atoms with Crippen LogP contribution >= 0.6 is 11.6 Å². The highest BCUT2D eigenvalue weighted by atomic mass is 35.5. The highest BCUT2D eigenvalue weighted by molar-refractivity contribution is 6.33. The molecule has 3 aromatic rings. The number of aliphatic hydroxyl groups is 1. The number of nitrogens with zero attached hydrogens (tertiary/aromatic N) is 4. The molecule has 2 aliphatic heterocycles. The number of aryl methyl sites for hydroxylation is 2. The second-order valence-electron chi connectivity index (χ2n) is 10.2. The molecule has 2 saturated heterocycles. The van der Waals surface area contributed by atoms with Crippen LogP contribution in [0.25, 0.3) is 22.6 Å². The zero-order valence-corrected chi connectivity index (χ0v) is 22.6. The Morgan fingerprint density at radius 2 is 2.05 bits per heavy atom. The summed E-state index contributed by atoms with van der Waals surface area (Å²) >= 11 is 6.66. The van der Waals surface area contributed by atoms with E-state index in [0.29, 0.717) is 34.5 Å². The van der Waals surface area contributed by atoms with E-state index in [1.165, 1.54) is 6.42 Å². The van der Waals surface area contributed by atoms with Crippen molar-refractivity contribution in [3.8, 4) is 28.4 Å². The lowest BCUT2D eigenvalue weighted by Crippen LogP contribution is -2.60. The van der Waals surface area contributed by atoms with Crippen molar-refractivity contribution in [2.24, 2.45) is 5.41 Å². The van der Waals surface area contributed by atoms with Gasteiger partial charge in [0.1, 0.15) is 30.0 Å². The van der Waals surface area contributed by atoms with Gasteiger partial charge < -0.3 is 29.3 Å². The van der Waals surface area contributed by atoms with Crippen LogP contribution in [0.5, 0.6) is 5.75 Å². The van der Waals surface area contributed by atoms with Crippen LogP contribution in [0, 0.1) is 26.2 Å². The molecule has 1 spiro atoms. The predicted molar refractivity (Wildman–Crippen MR) is 142 cm³/mol. The van der Waals surface area contributed by atoms with Gasteiger partial charge in [-0.15, -0.1) is 0 Å². The SMILES string of the molecule is CNCC(O)COc1ccc(Cl)c(-c2nc(-c3c(C)noc3C)c(C)c(N3CC4(CCCOC4)C3)n2)c1. The van der Waals surface area contributed by atoms with Crippen molar-refractivity contribution in [2.45, 2.75) is 39.7 Å². The van der Waals surface area contributed by atoms with Crippen molar-refractivity contribution >= 4 is 17.4 Å². The quantitative estimate of drug-likeness (QED) is 0.450. The minimum absolute atomic E-state index is 0.157. The summed E-state index contributed by atoms with van der Waals surface area (Å²) in [5.41, 5.74) is 4.26. The first-order valence-corrected chi connectivity index (χ1v) is 13.1. The highest BCUT2D eigenvalue weighted by Gasteiger charge is 2.45. The van der Waals surface area contributed by atoms with Crippen LogP contribution in [0.1, 0.15) is 29.9 Å². The molecular weight excluding hydrogens is 494 g/mol. The molecule has 0 radical (unpaired) electrons. The van der Waals surface area contributed by atoms with Gasteiger partial charge in [-0.2, -0.15) is 0 Å². The number of aliphatic hydroxyl groups excluding tert-OH is 1. The van der Waals surface area contributed by atoms with E-state index in [9.17, 15) is 5.11 Å². The van der Waals surface area contributed by atoms with E-state index >= 15 is 0 Å². The lowest BCUT2D eigenvalue weighted by atomic mass is 9.75. The Kier molecular flexibility index (Phi) is 7.40. The van der Waals surface area contributed by atoms with E-state index in [2.05, 4.69) is 15.4 Å². The maximum Gasteiger partial charge on any atom is 0.163 e. The van der Waals surface area contributed by atoms with Gasteiger partial charge in [0.15, 0.2) is 5.82 Å². The third-order valence-corrected chi connectivity index (χ3v) is 7.54. The molecule has 0 amide bonds. The van der Waals surface area contributed by atoms with Gasteiger partial charge in [-0.25, -0.2) is 9.97 Å². The van der Waals surface area contributed by atoms with Gasteiger partial charge in [0.25, 0.3) is 0 Å². The van der Waals surface area contributed by atoms with Crippen molar-refractivity contribution < 1.29 is 19.1 Å². The minimum atomic E-state index is -0.625. The summed E-state index contributed by atoms with van der Waals surface area (Å²) in [5, 5.41) is 17.7. The minimum Gasteiger partial charge on any atom is -0.491 e. The van der Waals surface area contributed by atoms with Crippen molar-refractivity contribution in [1.82, 2.24) is 20.4 Å². The lowest BCUT2D eigenvalue weighted by Gasteiger charge is -2.52. The fourth-order valence-electron chi connectivity index (χ4n) is 5.32. The Labute approximate surface area is 222 Å². The molecule has 1 aromatic carbocycles. The zero-order chi connectivity index (χ0) is 26.2. The number of hydrogen-bond acceptors (Lipinski definition) is 9. The third-order valence-electron chi connectivity index (χ3n) is 7.21. The fraction of sp³-hybridized carbons (Fsp3) is 0.519. The van der Waals surface area contributed by atoms with E-state index in [1.807, 2.05) is 26.8 Å².